The van der Waals surface area contributed by atoms with Crippen molar-refractivity contribution in [3.63, 3.8) is 0 Å². The first-order chi connectivity index (χ1) is 6.74. The SMILES string of the molecule is CO/C(C)=C/C(=N)NC(=O)OC(C)(C)C. The quantitative estimate of drug-likeness (QED) is 0.420. The molecule has 0 unspecified atom stereocenters. The summed E-state index contributed by atoms with van der Waals surface area (Å²) in [5.41, 5.74) is -0.565. The summed E-state index contributed by atoms with van der Waals surface area (Å²) < 4.78 is 9.79. The van der Waals surface area contributed by atoms with E-state index in [-0.39, 0.29) is 5.84 Å². The van der Waals surface area contributed by atoms with E-state index < -0.39 is 11.7 Å². The van der Waals surface area contributed by atoms with Crippen LogP contribution in [0.1, 0.15) is 27.7 Å². The van der Waals surface area contributed by atoms with Crippen LogP contribution >= 0.6 is 0 Å². The minimum Gasteiger partial charge on any atom is -0.501 e. The molecule has 0 heterocycles. The number of carbonyl (C=O) groups is 1. The van der Waals surface area contributed by atoms with Gasteiger partial charge in [-0.3, -0.25) is 10.7 Å². The largest absolute Gasteiger partial charge is 0.501 e. The van der Waals surface area contributed by atoms with Crippen molar-refractivity contribution in [2.24, 2.45) is 0 Å². The number of amidine groups is 1. The highest BCUT2D eigenvalue weighted by molar-refractivity contribution is 6.00. The van der Waals surface area contributed by atoms with Gasteiger partial charge < -0.3 is 9.47 Å². The number of amides is 1. The zero-order valence-electron chi connectivity index (χ0n) is 9.80. The van der Waals surface area contributed by atoms with Crippen molar-refractivity contribution in [2.45, 2.75) is 33.3 Å². The summed E-state index contributed by atoms with van der Waals surface area (Å²) >= 11 is 0. The highest BCUT2D eigenvalue weighted by Crippen LogP contribution is 2.06. The highest BCUT2D eigenvalue weighted by atomic mass is 16.6. The second kappa shape index (κ2) is 5.38. The lowest BCUT2D eigenvalue weighted by atomic mass is 10.2. The second-order valence-corrected chi connectivity index (χ2v) is 4.00. The minimum atomic E-state index is -0.646. The molecular weight excluding hydrogens is 196 g/mol. The molecule has 5 nitrogen and oxygen atoms in total. The van der Waals surface area contributed by atoms with Gasteiger partial charge in [-0.05, 0) is 27.7 Å². The van der Waals surface area contributed by atoms with Crippen molar-refractivity contribution >= 4 is 11.9 Å². The van der Waals surface area contributed by atoms with Crippen molar-refractivity contribution in [1.29, 1.82) is 5.41 Å². The Kier molecular flexibility index (Phi) is 4.84. The minimum absolute atomic E-state index is 0.0661. The summed E-state index contributed by atoms with van der Waals surface area (Å²) in [6, 6.07) is 0. The van der Waals surface area contributed by atoms with Crippen LogP contribution in [0.2, 0.25) is 0 Å². The van der Waals surface area contributed by atoms with E-state index in [1.807, 2.05) is 0 Å². The number of allylic oxidation sites excluding steroid dienone is 1. The summed E-state index contributed by atoms with van der Waals surface area (Å²) in [4.78, 5) is 11.2. The number of ether oxygens (including phenoxy) is 2. The molecule has 5 heteroatoms. The lowest BCUT2D eigenvalue weighted by molar-refractivity contribution is 0.0563. The topological polar surface area (TPSA) is 71.4 Å². The third kappa shape index (κ3) is 7.54. The molecule has 0 radical (unpaired) electrons. The Bertz CT molecular complexity index is 277. The van der Waals surface area contributed by atoms with Crippen molar-refractivity contribution < 1.29 is 14.3 Å². The molecule has 0 spiro atoms. The fraction of sp³-hybridized carbons (Fsp3) is 0.600. The first-order valence-corrected chi connectivity index (χ1v) is 4.55. The summed E-state index contributed by atoms with van der Waals surface area (Å²) in [5.74, 6) is 0.472. The number of alkyl carbamates (subject to hydrolysis) is 1. The predicted molar refractivity (Wildman–Crippen MR) is 57.9 cm³/mol. The number of carbonyl (C=O) groups excluding carboxylic acids is 1. The van der Waals surface area contributed by atoms with Gasteiger partial charge in [0.25, 0.3) is 0 Å². The molecule has 0 aliphatic heterocycles. The van der Waals surface area contributed by atoms with E-state index in [9.17, 15) is 4.79 Å². The molecule has 15 heavy (non-hydrogen) atoms. The normalized spacial score (nSPS) is 11.9. The lowest BCUT2D eigenvalue weighted by Gasteiger charge is -2.19. The number of methoxy groups -OCH3 is 1. The van der Waals surface area contributed by atoms with E-state index >= 15 is 0 Å². The van der Waals surface area contributed by atoms with Crippen molar-refractivity contribution in [1.82, 2.24) is 5.32 Å². The van der Waals surface area contributed by atoms with Gasteiger partial charge in [0.15, 0.2) is 0 Å². The Morgan fingerprint density at radius 1 is 1.40 bits per heavy atom. The van der Waals surface area contributed by atoms with E-state index in [0.29, 0.717) is 5.76 Å². The van der Waals surface area contributed by atoms with Gasteiger partial charge in [-0.15, -0.1) is 0 Å². The van der Waals surface area contributed by atoms with Crippen LogP contribution in [0.5, 0.6) is 0 Å². The van der Waals surface area contributed by atoms with Gasteiger partial charge in [-0.25, -0.2) is 4.79 Å². The molecule has 0 bridgehead atoms. The van der Waals surface area contributed by atoms with Gasteiger partial charge in [0.2, 0.25) is 0 Å². The summed E-state index contributed by atoms with van der Waals surface area (Å²) in [6.45, 7) is 6.95. The lowest BCUT2D eigenvalue weighted by Crippen LogP contribution is -2.35. The fourth-order valence-electron chi connectivity index (χ4n) is 0.712. The average Bonchev–Trinajstić information content (AvgIpc) is 1.99. The fourth-order valence-corrected chi connectivity index (χ4v) is 0.712. The Labute approximate surface area is 90.0 Å². The number of hydrogen-bond donors (Lipinski definition) is 2. The van der Waals surface area contributed by atoms with Crippen LogP contribution in [0.25, 0.3) is 0 Å². The van der Waals surface area contributed by atoms with Gasteiger partial charge in [-0.1, -0.05) is 0 Å². The number of hydrogen-bond acceptors (Lipinski definition) is 4. The van der Waals surface area contributed by atoms with Crippen LogP contribution in [0, 0.1) is 5.41 Å². The predicted octanol–water partition coefficient (Wildman–Crippen LogP) is 2.04. The summed E-state index contributed by atoms with van der Waals surface area (Å²) in [5, 5.41) is 9.66. The van der Waals surface area contributed by atoms with Crippen LogP contribution in [0.15, 0.2) is 11.8 Å². The van der Waals surface area contributed by atoms with Crippen molar-refractivity contribution in [3.05, 3.63) is 11.8 Å². The monoisotopic (exact) mass is 214 g/mol. The van der Waals surface area contributed by atoms with Crippen LogP contribution in [0.4, 0.5) is 4.79 Å². The highest BCUT2D eigenvalue weighted by Gasteiger charge is 2.16. The molecule has 0 aromatic rings. The molecule has 0 aliphatic carbocycles. The van der Waals surface area contributed by atoms with Gasteiger partial charge in [0, 0.05) is 6.08 Å². The van der Waals surface area contributed by atoms with Gasteiger partial charge >= 0.3 is 6.09 Å². The third-order valence-electron chi connectivity index (χ3n) is 1.31. The number of rotatable bonds is 2. The molecule has 0 aromatic heterocycles. The Morgan fingerprint density at radius 2 is 1.93 bits per heavy atom. The van der Waals surface area contributed by atoms with Crippen LogP contribution in [-0.4, -0.2) is 24.6 Å². The maximum absolute atomic E-state index is 11.2. The van der Waals surface area contributed by atoms with Gasteiger partial charge in [-0.2, -0.15) is 0 Å². The molecular formula is C10H18N2O3. The molecule has 86 valence electrons. The third-order valence-corrected chi connectivity index (χ3v) is 1.31. The van der Waals surface area contributed by atoms with E-state index in [0.717, 1.165) is 0 Å². The van der Waals surface area contributed by atoms with Crippen LogP contribution < -0.4 is 5.32 Å². The molecule has 0 aliphatic rings. The molecule has 0 atom stereocenters. The molecule has 0 aromatic carbocycles. The second-order valence-electron chi connectivity index (χ2n) is 4.00. The first-order valence-electron chi connectivity index (χ1n) is 4.55. The summed E-state index contributed by atoms with van der Waals surface area (Å²) in [7, 11) is 1.49. The van der Waals surface area contributed by atoms with E-state index in [1.54, 1.807) is 27.7 Å². The molecule has 1 amide bonds. The van der Waals surface area contributed by atoms with Crippen LogP contribution in [0.3, 0.4) is 0 Å². The van der Waals surface area contributed by atoms with Crippen molar-refractivity contribution in [2.75, 3.05) is 7.11 Å². The first kappa shape index (κ1) is 13.5. The molecule has 0 fully saturated rings. The maximum atomic E-state index is 11.2. The molecule has 0 rings (SSSR count). The molecule has 2 N–H and O–H groups in total. The zero-order valence-corrected chi connectivity index (χ0v) is 9.80. The van der Waals surface area contributed by atoms with E-state index in [4.69, 9.17) is 14.9 Å². The standard InChI is InChI=1S/C10H18N2O3/c1-7(14-5)6-8(11)12-9(13)15-10(2,3)4/h6H,1-5H3,(H2,11,12,13)/b7-6+. The zero-order chi connectivity index (χ0) is 12.1. The average molecular weight is 214 g/mol. The number of nitrogens with one attached hydrogen (secondary N) is 2. The molecule has 0 saturated heterocycles. The smallest absolute Gasteiger partial charge is 0.413 e. The molecule has 0 saturated carbocycles. The van der Waals surface area contributed by atoms with E-state index in [2.05, 4.69) is 5.32 Å². The van der Waals surface area contributed by atoms with Gasteiger partial charge in [0.05, 0.1) is 12.9 Å². The maximum Gasteiger partial charge on any atom is 0.413 e. The van der Waals surface area contributed by atoms with Gasteiger partial charge in [0.1, 0.15) is 11.4 Å². The van der Waals surface area contributed by atoms with Crippen molar-refractivity contribution in [3.8, 4) is 0 Å². The Morgan fingerprint density at radius 3 is 2.33 bits per heavy atom. The Hall–Kier alpha value is -1.52. The van der Waals surface area contributed by atoms with E-state index in [1.165, 1.54) is 13.2 Å². The summed E-state index contributed by atoms with van der Waals surface area (Å²) in [6.07, 6.45) is 0.747. The Balaban J connectivity index is 4.15. The van der Waals surface area contributed by atoms with Crippen LogP contribution in [-0.2, 0) is 9.47 Å².